The van der Waals surface area contributed by atoms with Crippen LogP contribution in [-0.2, 0) is 6.54 Å². The molecule has 0 aromatic carbocycles. The minimum absolute atomic E-state index is 0.0390. The number of unbranched alkanes of at least 4 members (excludes halogenated alkanes) is 1. The molecule has 0 unspecified atom stereocenters. The second kappa shape index (κ2) is 4.69. The monoisotopic (exact) mass is 234 g/mol. The molecule has 2 aromatic rings. The molecule has 0 N–H and O–H groups in total. The van der Waals surface area contributed by atoms with Gasteiger partial charge in [-0.05, 0) is 20.3 Å². The number of aromatic nitrogens is 4. The van der Waals surface area contributed by atoms with Gasteiger partial charge < -0.3 is 4.57 Å². The molecule has 0 bridgehead atoms. The first-order chi connectivity index (χ1) is 8.15. The molecule has 0 saturated carbocycles. The Labute approximate surface area is 100 Å². The Bertz CT molecular complexity index is 567. The van der Waals surface area contributed by atoms with Crippen molar-refractivity contribution in [2.45, 2.75) is 46.2 Å². The predicted octanol–water partition coefficient (Wildman–Crippen LogP) is 1.97. The summed E-state index contributed by atoms with van der Waals surface area (Å²) in [6.45, 7) is 6.91. The van der Waals surface area contributed by atoms with E-state index in [1.54, 1.807) is 17.2 Å². The van der Waals surface area contributed by atoms with Crippen molar-refractivity contribution in [3.8, 4) is 0 Å². The first kappa shape index (κ1) is 11.8. The molecule has 2 rings (SSSR count). The van der Waals surface area contributed by atoms with Crippen LogP contribution in [0.3, 0.4) is 0 Å². The molecule has 2 aromatic heterocycles. The number of rotatable bonds is 4. The van der Waals surface area contributed by atoms with E-state index in [4.69, 9.17) is 0 Å². The van der Waals surface area contributed by atoms with Crippen molar-refractivity contribution in [2.75, 3.05) is 0 Å². The lowest BCUT2D eigenvalue weighted by Crippen LogP contribution is -2.21. The summed E-state index contributed by atoms with van der Waals surface area (Å²) in [5, 5.41) is 0. The molecule has 0 fully saturated rings. The molecule has 5 heteroatoms. The molecule has 2 heterocycles. The third kappa shape index (κ3) is 2.09. The highest BCUT2D eigenvalue weighted by molar-refractivity contribution is 5.69. The topological polar surface area (TPSA) is 52.7 Å². The van der Waals surface area contributed by atoms with Gasteiger partial charge in [0.2, 0.25) is 0 Å². The van der Waals surface area contributed by atoms with Gasteiger partial charge in [0, 0.05) is 12.6 Å². The zero-order valence-electron chi connectivity index (χ0n) is 10.6. The normalized spacial score (nSPS) is 11.5. The molecule has 0 radical (unpaired) electrons. The Kier molecular flexibility index (Phi) is 3.26. The summed E-state index contributed by atoms with van der Waals surface area (Å²) in [4.78, 5) is 20.6. The summed E-state index contributed by atoms with van der Waals surface area (Å²) in [6.07, 6.45) is 5.36. The van der Waals surface area contributed by atoms with Gasteiger partial charge >= 0.3 is 0 Å². The van der Waals surface area contributed by atoms with Gasteiger partial charge in [-0.2, -0.15) is 0 Å². The Morgan fingerprint density at radius 1 is 1.29 bits per heavy atom. The van der Waals surface area contributed by atoms with Gasteiger partial charge in [-0.25, -0.2) is 9.97 Å². The van der Waals surface area contributed by atoms with Gasteiger partial charge in [0.25, 0.3) is 5.56 Å². The van der Waals surface area contributed by atoms with Crippen LogP contribution in [0.5, 0.6) is 0 Å². The van der Waals surface area contributed by atoms with Crippen molar-refractivity contribution in [1.29, 1.82) is 0 Å². The van der Waals surface area contributed by atoms with Crippen LogP contribution in [0.1, 0.15) is 39.7 Å². The smallest absolute Gasteiger partial charge is 0.281 e. The highest BCUT2D eigenvalue weighted by Crippen LogP contribution is 2.11. The third-order valence-electron chi connectivity index (χ3n) is 2.86. The molecule has 0 aliphatic carbocycles. The fraction of sp³-hybridized carbons (Fsp3) is 0.583. The molecule has 0 atom stereocenters. The Balaban J connectivity index is 2.50. The minimum atomic E-state index is -0.0390. The van der Waals surface area contributed by atoms with E-state index in [0.717, 1.165) is 12.8 Å². The summed E-state index contributed by atoms with van der Waals surface area (Å²) < 4.78 is 3.56. The van der Waals surface area contributed by atoms with Crippen LogP contribution in [0, 0.1) is 0 Å². The van der Waals surface area contributed by atoms with Crippen LogP contribution in [0.25, 0.3) is 11.2 Å². The number of imidazole rings is 1. The third-order valence-corrected chi connectivity index (χ3v) is 2.86. The molecule has 0 aliphatic heterocycles. The van der Waals surface area contributed by atoms with E-state index in [-0.39, 0.29) is 11.6 Å². The minimum Gasteiger partial charge on any atom is -0.313 e. The maximum atomic E-state index is 12.1. The first-order valence-electron chi connectivity index (χ1n) is 6.07. The van der Waals surface area contributed by atoms with Crippen LogP contribution in [0.4, 0.5) is 0 Å². The number of hydrogen-bond donors (Lipinski definition) is 0. The highest BCUT2D eigenvalue weighted by atomic mass is 16.1. The fourth-order valence-corrected chi connectivity index (χ4v) is 1.81. The second-order valence-electron chi connectivity index (χ2n) is 4.51. The number of nitrogens with zero attached hydrogens (tertiary/aromatic N) is 4. The van der Waals surface area contributed by atoms with Crippen LogP contribution in [-0.4, -0.2) is 19.1 Å². The van der Waals surface area contributed by atoms with E-state index in [9.17, 15) is 4.79 Å². The summed E-state index contributed by atoms with van der Waals surface area (Å²) in [5.41, 5.74) is 1.11. The lowest BCUT2D eigenvalue weighted by molar-refractivity contribution is 0.597. The van der Waals surface area contributed by atoms with E-state index in [1.807, 2.05) is 18.4 Å². The lowest BCUT2D eigenvalue weighted by Gasteiger charge is -2.07. The van der Waals surface area contributed by atoms with E-state index in [2.05, 4.69) is 16.9 Å². The van der Waals surface area contributed by atoms with Gasteiger partial charge in [0.15, 0.2) is 11.2 Å². The summed E-state index contributed by atoms with van der Waals surface area (Å²) in [6, 6.07) is 0.262. The van der Waals surface area contributed by atoms with Gasteiger partial charge in [-0.1, -0.05) is 13.3 Å². The average Bonchev–Trinajstić information content (AvgIpc) is 2.73. The predicted molar refractivity (Wildman–Crippen MR) is 67.1 cm³/mol. The standard InChI is InChI=1S/C12H18N4O/c1-4-5-6-15-7-14-11-10(12(15)17)13-8-16(11)9(2)3/h7-9H,4-6H2,1-3H3. The molecule has 0 aliphatic rings. The maximum Gasteiger partial charge on any atom is 0.281 e. The summed E-state index contributed by atoms with van der Waals surface area (Å²) in [7, 11) is 0. The molecular weight excluding hydrogens is 216 g/mol. The van der Waals surface area contributed by atoms with Gasteiger partial charge in [-0.15, -0.1) is 0 Å². The SMILES string of the molecule is CCCCn1cnc2c(ncn2C(C)C)c1=O. The molecular formula is C12H18N4O. The first-order valence-corrected chi connectivity index (χ1v) is 6.07. The maximum absolute atomic E-state index is 12.1. The molecule has 5 nitrogen and oxygen atoms in total. The second-order valence-corrected chi connectivity index (χ2v) is 4.51. The van der Waals surface area contributed by atoms with Crippen molar-refractivity contribution in [3.05, 3.63) is 23.0 Å². The Hall–Kier alpha value is -1.65. The van der Waals surface area contributed by atoms with Crippen LogP contribution in [0.15, 0.2) is 17.4 Å². The van der Waals surface area contributed by atoms with Crippen LogP contribution >= 0.6 is 0 Å². The Morgan fingerprint density at radius 2 is 2.06 bits per heavy atom. The van der Waals surface area contributed by atoms with Gasteiger partial charge in [0.1, 0.15) is 6.33 Å². The van der Waals surface area contributed by atoms with Crippen molar-refractivity contribution in [1.82, 2.24) is 19.1 Å². The number of aryl methyl sites for hydroxylation is 1. The van der Waals surface area contributed by atoms with Crippen molar-refractivity contribution in [2.24, 2.45) is 0 Å². The number of hydrogen-bond acceptors (Lipinski definition) is 3. The molecule has 92 valence electrons. The van der Waals surface area contributed by atoms with E-state index in [0.29, 0.717) is 17.7 Å². The van der Waals surface area contributed by atoms with Crippen molar-refractivity contribution in [3.63, 3.8) is 0 Å². The molecule has 0 amide bonds. The van der Waals surface area contributed by atoms with E-state index < -0.39 is 0 Å². The van der Waals surface area contributed by atoms with Crippen LogP contribution < -0.4 is 5.56 Å². The van der Waals surface area contributed by atoms with Crippen molar-refractivity contribution < 1.29 is 0 Å². The van der Waals surface area contributed by atoms with E-state index in [1.165, 1.54) is 0 Å². The summed E-state index contributed by atoms with van der Waals surface area (Å²) >= 11 is 0. The van der Waals surface area contributed by atoms with Gasteiger partial charge in [0.05, 0.1) is 6.33 Å². The molecule has 0 spiro atoms. The Morgan fingerprint density at radius 3 is 2.71 bits per heavy atom. The van der Waals surface area contributed by atoms with Crippen LogP contribution in [0.2, 0.25) is 0 Å². The lowest BCUT2D eigenvalue weighted by atomic mass is 10.3. The van der Waals surface area contributed by atoms with Gasteiger partial charge in [-0.3, -0.25) is 9.36 Å². The van der Waals surface area contributed by atoms with E-state index >= 15 is 0 Å². The summed E-state index contributed by atoms with van der Waals surface area (Å²) in [5.74, 6) is 0. The quantitative estimate of drug-likeness (QED) is 0.812. The fourth-order valence-electron chi connectivity index (χ4n) is 1.81. The van der Waals surface area contributed by atoms with Crippen molar-refractivity contribution >= 4 is 11.2 Å². The zero-order valence-corrected chi connectivity index (χ0v) is 10.6. The zero-order chi connectivity index (χ0) is 12.4. The highest BCUT2D eigenvalue weighted by Gasteiger charge is 2.11. The molecule has 0 saturated heterocycles. The largest absolute Gasteiger partial charge is 0.313 e. The number of fused-ring (bicyclic) bond motifs is 1. The average molecular weight is 234 g/mol. The molecule has 17 heavy (non-hydrogen) atoms.